The van der Waals surface area contributed by atoms with Crippen LogP contribution in [0, 0.1) is 6.92 Å². The van der Waals surface area contributed by atoms with Crippen molar-refractivity contribution in [1.29, 1.82) is 0 Å². The highest BCUT2D eigenvalue weighted by Crippen LogP contribution is 2.27. The van der Waals surface area contributed by atoms with Gasteiger partial charge in [0.25, 0.3) is 5.91 Å². The monoisotopic (exact) mass is 350 g/mol. The number of amides is 1. The molecule has 2 aromatic carbocycles. The van der Waals surface area contributed by atoms with Gasteiger partial charge in [0.1, 0.15) is 17.1 Å². The fourth-order valence-electron chi connectivity index (χ4n) is 2.39. The third kappa shape index (κ3) is 3.64. The van der Waals surface area contributed by atoms with Crippen LogP contribution in [0.4, 0.5) is 23.0 Å². The zero-order valence-electron chi connectivity index (χ0n) is 14.0. The number of rotatable bonds is 5. The Balaban J connectivity index is 1.90. The molecular weight excluding hydrogens is 332 g/mol. The fourth-order valence-corrected chi connectivity index (χ4v) is 2.39. The number of aromatic amines is 1. The highest BCUT2D eigenvalue weighted by molar-refractivity contribution is 6.03. The number of carbonyl (C=O) groups excluding carboxylic acids is 1. The molecule has 0 fully saturated rings. The number of nitrogens with one attached hydrogen (secondary N) is 2. The average molecular weight is 350 g/mol. The largest absolute Gasteiger partial charge is 0.506 e. The van der Waals surface area contributed by atoms with Gasteiger partial charge in [0, 0.05) is 11.9 Å². The first-order chi connectivity index (χ1) is 12.4. The van der Waals surface area contributed by atoms with Crippen molar-refractivity contribution < 1.29 is 9.90 Å². The number of phenolic OH excluding ortho intramolecular Hbond substituents is 1. The molecular formula is C18H18N6O2. The predicted molar refractivity (Wildman–Crippen MR) is 101 cm³/mol. The lowest BCUT2D eigenvalue weighted by atomic mass is 10.2. The zero-order chi connectivity index (χ0) is 18.7. The van der Waals surface area contributed by atoms with Crippen molar-refractivity contribution in [1.82, 2.24) is 10.2 Å². The van der Waals surface area contributed by atoms with Crippen molar-refractivity contribution in [3.05, 3.63) is 59.2 Å². The molecule has 3 rings (SSSR count). The van der Waals surface area contributed by atoms with E-state index in [-0.39, 0.29) is 22.8 Å². The van der Waals surface area contributed by atoms with Crippen LogP contribution in [-0.2, 0) is 0 Å². The number of aliphatic imine (C=N–C) groups is 1. The van der Waals surface area contributed by atoms with Gasteiger partial charge in [0.15, 0.2) is 5.82 Å². The minimum atomic E-state index is -0.666. The summed E-state index contributed by atoms with van der Waals surface area (Å²) in [4.78, 5) is 16.1. The van der Waals surface area contributed by atoms with Crippen LogP contribution in [0.1, 0.15) is 21.5 Å². The summed E-state index contributed by atoms with van der Waals surface area (Å²) in [6.07, 6.45) is 1.46. The van der Waals surface area contributed by atoms with Crippen LogP contribution in [0.25, 0.3) is 0 Å². The standard InChI is InChI=1S/C18H18N6O2/c1-10-3-2-4-12(7-10)22-18-15(16(20)26)17(23-24-18)21-9-11-5-6-13(19)14(25)8-11/h2-9,25H,19H2,1H3,(H2,20,26)(H2,22,23,24). The van der Waals surface area contributed by atoms with E-state index in [0.717, 1.165) is 11.3 Å². The summed E-state index contributed by atoms with van der Waals surface area (Å²) in [5.41, 5.74) is 13.9. The number of primary amides is 1. The highest BCUT2D eigenvalue weighted by atomic mass is 16.3. The molecule has 0 unspecified atom stereocenters. The molecule has 0 radical (unpaired) electrons. The summed E-state index contributed by atoms with van der Waals surface area (Å²) in [6, 6.07) is 12.3. The van der Waals surface area contributed by atoms with Gasteiger partial charge in [-0.15, -0.1) is 0 Å². The highest BCUT2D eigenvalue weighted by Gasteiger charge is 2.18. The van der Waals surface area contributed by atoms with Gasteiger partial charge in [-0.25, -0.2) is 4.99 Å². The first kappa shape index (κ1) is 17.0. The molecule has 0 aliphatic carbocycles. The Morgan fingerprint density at radius 1 is 1.31 bits per heavy atom. The van der Waals surface area contributed by atoms with E-state index in [0.29, 0.717) is 11.4 Å². The Kier molecular flexibility index (Phi) is 4.57. The molecule has 3 aromatic rings. The van der Waals surface area contributed by atoms with Crippen LogP contribution in [0.5, 0.6) is 5.75 Å². The van der Waals surface area contributed by atoms with Gasteiger partial charge in [-0.1, -0.05) is 18.2 Å². The van der Waals surface area contributed by atoms with Crippen LogP contribution in [0.15, 0.2) is 47.5 Å². The number of H-pyrrole nitrogens is 1. The molecule has 8 nitrogen and oxygen atoms in total. The summed E-state index contributed by atoms with van der Waals surface area (Å²) in [7, 11) is 0. The number of carbonyl (C=O) groups is 1. The first-order valence-electron chi connectivity index (χ1n) is 7.78. The van der Waals surface area contributed by atoms with Crippen molar-refractivity contribution >= 4 is 35.1 Å². The molecule has 8 heteroatoms. The number of benzene rings is 2. The molecule has 132 valence electrons. The molecule has 0 bridgehead atoms. The molecule has 1 amide bonds. The Hall–Kier alpha value is -3.81. The number of nitrogens with two attached hydrogens (primary N) is 2. The minimum Gasteiger partial charge on any atom is -0.506 e. The van der Waals surface area contributed by atoms with Crippen molar-refractivity contribution in [2.45, 2.75) is 6.92 Å². The van der Waals surface area contributed by atoms with E-state index < -0.39 is 5.91 Å². The van der Waals surface area contributed by atoms with Crippen LogP contribution in [-0.4, -0.2) is 27.4 Å². The van der Waals surface area contributed by atoms with Crippen LogP contribution >= 0.6 is 0 Å². The number of nitrogen functional groups attached to an aromatic ring is 1. The topological polar surface area (TPSA) is 142 Å². The maximum atomic E-state index is 11.9. The minimum absolute atomic E-state index is 0.0482. The number of nitrogens with zero attached hydrogens (tertiary/aromatic N) is 2. The van der Waals surface area contributed by atoms with Crippen molar-refractivity contribution in [2.75, 3.05) is 11.1 Å². The molecule has 1 heterocycles. The van der Waals surface area contributed by atoms with Gasteiger partial charge in [0.05, 0.1) is 5.69 Å². The number of hydrogen-bond acceptors (Lipinski definition) is 6. The van der Waals surface area contributed by atoms with Gasteiger partial charge in [-0.05, 0) is 42.3 Å². The second-order valence-corrected chi connectivity index (χ2v) is 5.73. The lowest BCUT2D eigenvalue weighted by Gasteiger charge is -2.06. The van der Waals surface area contributed by atoms with E-state index in [1.165, 1.54) is 12.3 Å². The second-order valence-electron chi connectivity index (χ2n) is 5.73. The quantitative estimate of drug-likeness (QED) is 0.273. The van der Waals surface area contributed by atoms with E-state index in [2.05, 4.69) is 20.5 Å². The summed E-state index contributed by atoms with van der Waals surface area (Å²) in [6.45, 7) is 1.96. The summed E-state index contributed by atoms with van der Waals surface area (Å²) < 4.78 is 0. The number of anilines is 3. The first-order valence-corrected chi connectivity index (χ1v) is 7.78. The lowest BCUT2D eigenvalue weighted by Crippen LogP contribution is -2.12. The third-order valence-corrected chi connectivity index (χ3v) is 3.67. The maximum Gasteiger partial charge on any atom is 0.256 e. The molecule has 0 aliphatic heterocycles. The van der Waals surface area contributed by atoms with E-state index in [1.807, 2.05) is 31.2 Å². The van der Waals surface area contributed by atoms with E-state index in [4.69, 9.17) is 11.5 Å². The number of hydrogen-bond donors (Lipinski definition) is 5. The molecule has 0 atom stereocenters. The lowest BCUT2D eigenvalue weighted by molar-refractivity contribution is 0.100. The van der Waals surface area contributed by atoms with Crippen LogP contribution < -0.4 is 16.8 Å². The van der Waals surface area contributed by atoms with Crippen LogP contribution in [0.3, 0.4) is 0 Å². The number of phenols is 1. The Labute approximate surface area is 149 Å². The predicted octanol–water partition coefficient (Wildman–Crippen LogP) is 2.60. The Morgan fingerprint density at radius 2 is 2.12 bits per heavy atom. The molecule has 0 aliphatic rings. The van der Waals surface area contributed by atoms with Gasteiger partial charge in [-0.2, -0.15) is 5.10 Å². The van der Waals surface area contributed by atoms with E-state index in [9.17, 15) is 9.90 Å². The van der Waals surface area contributed by atoms with Gasteiger partial charge < -0.3 is 21.9 Å². The molecule has 1 aromatic heterocycles. The number of aromatic nitrogens is 2. The van der Waals surface area contributed by atoms with Gasteiger partial charge in [0.2, 0.25) is 0 Å². The second kappa shape index (κ2) is 6.98. The summed E-state index contributed by atoms with van der Waals surface area (Å²) >= 11 is 0. The third-order valence-electron chi connectivity index (χ3n) is 3.67. The van der Waals surface area contributed by atoms with E-state index >= 15 is 0 Å². The summed E-state index contributed by atoms with van der Waals surface area (Å²) in [5, 5.41) is 19.5. The molecule has 0 saturated heterocycles. The Morgan fingerprint density at radius 3 is 2.81 bits per heavy atom. The normalized spacial score (nSPS) is 11.0. The zero-order valence-corrected chi connectivity index (χ0v) is 14.0. The Bertz CT molecular complexity index is 993. The van der Waals surface area contributed by atoms with Crippen LogP contribution in [0.2, 0.25) is 0 Å². The summed E-state index contributed by atoms with van der Waals surface area (Å²) in [5.74, 6) is -0.214. The molecule has 26 heavy (non-hydrogen) atoms. The number of aryl methyl sites for hydroxylation is 1. The van der Waals surface area contributed by atoms with Crippen molar-refractivity contribution in [3.63, 3.8) is 0 Å². The maximum absolute atomic E-state index is 11.9. The average Bonchev–Trinajstić information content (AvgIpc) is 2.99. The van der Waals surface area contributed by atoms with Crippen molar-refractivity contribution in [3.8, 4) is 5.75 Å². The van der Waals surface area contributed by atoms with Gasteiger partial charge in [-0.3, -0.25) is 9.89 Å². The van der Waals surface area contributed by atoms with E-state index in [1.54, 1.807) is 12.1 Å². The SMILES string of the molecule is Cc1cccc(Nc2[nH]nc(N=Cc3ccc(N)c(O)c3)c2C(N)=O)c1. The van der Waals surface area contributed by atoms with Gasteiger partial charge >= 0.3 is 0 Å². The smallest absolute Gasteiger partial charge is 0.256 e. The molecule has 0 spiro atoms. The fraction of sp³-hybridized carbons (Fsp3) is 0.0556. The number of aromatic hydroxyl groups is 1. The van der Waals surface area contributed by atoms with Crippen molar-refractivity contribution in [2.24, 2.45) is 10.7 Å². The molecule has 0 saturated carbocycles. The molecule has 7 N–H and O–H groups in total.